The lowest BCUT2D eigenvalue weighted by atomic mass is 9.89. The molecule has 0 aromatic carbocycles. The summed E-state index contributed by atoms with van der Waals surface area (Å²) in [6.45, 7) is 5.59. The monoisotopic (exact) mass is 397 g/mol. The molecule has 0 saturated heterocycles. The Kier molecular flexibility index (Phi) is 4.61. The second kappa shape index (κ2) is 7.16. The van der Waals surface area contributed by atoms with E-state index in [1.807, 2.05) is 32.0 Å². The zero-order valence-corrected chi connectivity index (χ0v) is 17.5. The molecule has 29 heavy (non-hydrogen) atoms. The Bertz CT molecular complexity index is 897. The molecule has 3 heterocycles. The van der Waals surface area contributed by atoms with Crippen molar-refractivity contribution in [2.24, 2.45) is 17.8 Å². The first kappa shape index (κ1) is 18.7. The minimum atomic E-state index is -0.630. The van der Waals surface area contributed by atoms with Gasteiger partial charge >= 0.3 is 0 Å². The molecule has 1 aliphatic heterocycles. The second-order valence-electron chi connectivity index (χ2n) is 9.13. The summed E-state index contributed by atoms with van der Waals surface area (Å²) in [6, 6.07) is -0.0614. The molecule has 3 aliphatic rings. The third-order valence-corrected chi connectivity index (χ3v) is 7.21. The van der Waals surface area contributed by atoms with Gasteiger partial charge in [0.2, 0.25) is 5.95 Å². The normalized spacial score (nSPS) is 30.3. The van der Waals surface area contributed by atoms with Crippen molar-refractivity contribution < 1.29 is 5.11 Å². The van der Waals surface area contributed by atoms with Crippen molar-refractivity contribution in [3.05, 3.63) is 23.7 Å². The van der Waals surface area contributed by atoms with Crippen LogP contribution in [0.3, 0.4) is 0 Å². The summed E-state index contributed by atoms with van der Waals surface area (Å²) in [7, 11) is 1.95. The fourth-order valence-electron chi connectivity index (χ4n) is 5.35. The fraction of sp³-hybridized carbons (Fsp3) is 0.667. The summed E-state index contributed by atoms with van der Waals surface area (Å²) < 4.78 is 2.11. The van der Waals surface area contributed by atoms with E-state index in [0.29, 0.717) is 12.5 Å². The van der Waals surface area contributed by atoms with Gasteiger partial charge in [0.15, 0.2) is 5.82 Å². The van der Waals surface area contributed by atoms with Crippen molar-refractivity contribution >= 4 is 17.5 Å². The second-order valence-corrected chi connectivity index (χ2v) is 9.13. The van der Waals surface area contributed by atoms with Crippen LogP contribution in [0.1, 0.15) is 43.9 Å². The maximum atomic E-state index is 10.1. The van der Waals surface area contributed by atoms with E-state index in [2.05, 4.69) is 36.6 Å². The van der Waals surface area contributed by atoms with Gasteiger partial charge in [0.05, 0.1) is 17.9 Å². The average molecular weight is 398 g/mol. The highest BCUT2D eigenvalue weighted by Gasteiger charge is 2.39. The highest BCUT2D eigenvalue weighted by atomic mass is 16.3. The van der Waals surface area contributed by atoms with E-state index >= 15 is 0 Å². The molecule has 8 heteroatoms. The number of aliphatic hydroxyl groups is 1. The molecule has 5 rings (SSSR count). The average Bonchev–Trinajstić information content (AvgIpc) is 3.43. The van der Waals surface area contributed by atoms with Crippen molar-refractivity contribution in [2.45, 2.75) is 64.9 Å². The SMILES string of the molecule is Cc1nc(NCc2cnn(C[C@H]3C[C@@H]4CC[C@H]3C4)c2)nc2c1NC(O)[C@H](C)N2C. The van der Waals surface area contributed by atoms with Gasteiger partial charge in [-0.15, -0.1) is 0 Å². The number of aryl methyl sites for hydroxylation is 1. The molecule has 2 bridgehead atoms. The van der Waals surface area contributed by atoms with E-state index in [1.165, 1.54) is 25.7 Å². The van der Waals surface area contributed by atoms with Gasteiger partial charge in [0.1, 0.15) is 11.9 Å². The first-order chi connectivity index (χ1) is 14.0. The van der Waals surface area contributed by atoms with Crippen molar-refractivity contribution in [2.75, 3.05) is 22.6 Å². The van der Waals surface area contributed by atoms with Crippen LogP contribution in [-0.2, 0) is 13.1 Å². The molecule has 2 fully saturated rings. The van der Waals surface area contributed by atoms with Crippen LogP contribution in [0.5, 0.6) is 0 Å². The predicted molar refractivity (Wildman–Crippen MR) is 113 cm³/mol. The number of hydrogen-bond acceptors (Lipinski definition) is 7. The number of nitrogens with zero attached hydrogens (tertiary/aromatic N) is 5. The van der Waals surface area contributed by atoms with Gasteiger partial charge in [0, 0.05) is 31.9 Å². The number of aliphatic hydroxyl groups excluding tert-OH is 1. The molecule has 8 nitrogen and oxygen atoms in total. The molecule has 0 spiro atoms. The van der Waals surface area contributed by atoms with Crippen LogP contribution in [0.2, 0.25) is 0 Å². The van der Waals surface area contributed by atoms with E-state index in [-0.39, 0.29) is 6.04 Å². The molecule has 3 N–H and O–H groups in total. The maximum Gasteiger partial charge on any atom is 0.225 e. The predicted octanol–water partition coefficient (Wildman–Crippen LogP) is 2.60. The minimum absolute atomic E-state index is 0.0614. The summed E-state index contributed by atoms with van der Waals surface area (Å²) in [5.41, 5.74) is 2.76. The van der Waals surface area contributed by atoms with Crippen LogP contribution in [0.15, 0.2) is 12.4 Å². The number of hydrogen-bond donors (Lipinski definition) is 3. The van der Waals surface area contributed by atoms with Gasteiger partial charge in [-0.3, -0.25) is 4.68 Å². The first-order valence-corrected chi connectivity index (χ1v) is 10.8. The van der Waals surface area contributed by atoms with Crippen LogP contribution in [0, 0.1) is 24.7 Å². The van der Waals surface area contributed by atoms with Crippen molar-refractivity contribution in [3.63, 3.8) is 0 Å². The van der Waals surface area contributed by atoms with Gasteiger partial charge in [-0.05, 0) is 50.9 Å². The van der Waals surface area contributed by atoms with Crippen LogP contribution in [0.4, 0.5) is 17.5 Å². The lowest BCUT2D eigenvalue weighted by Crippen LogP contribution is -2.48. The zero-order chi connectivity index (χ0) is 20.1. The van der Waals surface area contributed by atoms with Gasteiger partial charge in [-0.25, -0.2) is 4.98 Å². The quantitative estimate of drug-likeness (QED) is 0.714. The van der Waals surface area contributed by atoms with Gasteiger partial charge in [-0.2, -0.15) is 10.1 Å². The first-order valence-electron chi connectivity index (χ1n) is 10.8. The zero-order valence-electron chi connectivity index (χ0n) is 17.5. The number of anilines is 3. The molecule has 1 unspecified atom stereocenters. The molecular formula is C21H31N7O. The lowest BCUT2D eigenvalue weighted by molar-refractivity contribution is 0.172. The third-order valence-electron chi connectivity index (χ3n) is 7.21. The number of likely N-dealkylation sites (N-methyl/N-ethyl adjacent to an activating group) is 1. The molecule has 0 radical (unpaired) electrons. The number of nitrogens with one attached hydrogen (secondary N) is 2. The molecule has 0 amide bonds. The number of rotatable bonds is 5. The summed E-state index contributed by atoms with van der Waals surface area (Å²) in [5, 5.41) is 21.2. The van der Waals surface area contributed by atoms with E-state index in [1.54, 1.807) is 0 Å². The lowest BCUT2D eigenvalue weighted by Gasteiger charge is -2.37. The Morgan fingerprint density at radius 1 is 1.28 bits per heavy atom. The molecule has 2 aliphatic carbocycles. The standard InChI is InChI=1S/C21H31N7O/c1-12-18-19(27(3)13(2)20(29)25-18)26-21(24-12)22-8-15-9-23-28(10-15)11-17-7-14-4-5-16(17)6-14/h9-10,13-14,16-17,20,25,29H,4-8,11H2,1-3H3,(H,22,24,26)/t13-,14+,16-,17+,20?/m0/s1. The summed E-state index contributed by atoms with van der Waals surface area (Å²) in [5.74, 6) is 4.11. The van der Waals surface area contributed by atoms with E-state index < -0.39 is 6.23 Å². The van der Waals surface area contributed by atoms with E-state index in [9.17, 15) is 5.11 Å². The molecule has 2 aromatic heterocycles. The summed E-state index contributed by atoms with van der Waals surface area (Å²) in [4.78, 5) is 11.2. The fourth-order valence-corrected chi connectivity index (χ4v) is 5.35. The van der Waals surface area contributed by atoms with E-state index in [4.69, 9.17) is 0 Å². The molecular weight excluding hydrogens is 366 g/mol. The molecule has 2 saturated carbocycles. The van der Waals surface area contributed by atoms with Crippen molar-refractivity contribution in [3.8, 4) is 0 Å². The van der Waals surface area contributed by atoms with Crippen molar-refractivity contribution in [1.82, 2.24) is 19.7 Å². The Hall–Kier alpha value is -2.35. The molecule has 5 atom stereocenters. The van der Waals surface area contributed by atoms with Crippen LogP contribution in [0.25, 0.3) is 0 Å². The van der Waals surface area contributed by atoms with Gasteiger partial charge < -0.3 is 20.6 Å². The summed E-state index contributed by atoms with van der Waals surface area (Å²) >= 11 is 0. The Morgan fingerprint density at radius 2 is 2.14 bits per heavy atom. The topological polar surface area (TPSA) is 91.1 Å². The van der Waals surface area contributed by atoms with Gasteiger partial charge in [-0.1, -0.05) is 6.42 Å². The third kappa shape index (κ3) is 3.43. The van der Waals surface area contributed by atoms with Gasteiger partial charge in [0.25, 0.3) is 0 Å². The maximum absolute atomic E-state index is 10.1. The minimum Gasteiger partial charge on any atom is -0.372 e. The highest BCUT2D eigenvalue weighted by Crippen LogP contribution is 2.48. The number of fused-ring (bicyclic) bond motifs is 3. The van der Waals surface area contributed by atoms with E-state index in [0.717, 1.165) is 47.1 Å². The highest BCUT2D eigenvalue weighted by molar-refractivity contribution is 5.72. The Morgan fingerprint density at radius 3 is 2.90 bits per heavy atom. The Labute approximate surface area is 171 Å². The van der Waals surface area contributed by atoms with Crippen LogP contribution >= 0.6 is 0 Å². The van der Waals surface area contributed by atoms with Crippen LogP contribution < -0.4 is 15.5 Å². The number of aromatic nitrogens is 4. The summed E-state index contributed by atoms with van der Waals surface area (Å²) in [6.07, 6.45) is 9.14. The van der Waals surface area contributed by atoms with Crippen LogP contribution in [-0.4, -0.2) is 44.2 Å². The largest absolute Gasteiger partial charge is 0.372 e. The smallest absolute Gasteiger partial charge is 0.225 e. The molecule has 156 valence electrons. The van der Waals surface area contributed by atoms with Crippen molar-refractivity contribution in [1.29, 1.82) is 0 Å². The molecule has 2 aromatic rings. The Balaban J connectivity index is 1.24.